The van der Waals surface area contributed by atoms with Crippen molar-refractivity contribution in [3.63, 3.8) is 0 Å². The van der Waals surface area contributed by atoms with Crippen LogP contribution in [-0.2, 0) is 4.79 Å². The molecule has 1 aromatic rings. The van der Waals surface area contributed by atoms with Gasteiger partial charge in [0.25, 0.3) is 0 Å². The molecule has 0 aliphatic rings. The maximum Gasteiger partial charge on any atom is 0.245 e. The predicted octanol–water partition coefficient (Wildman–Crippen LogP) is 3.66. The third-order valence-corrected chi connectivity index (χ3v) is 4.38. The Morgan fingerprint density at radius 2 is 2.13 bits per heavy atom. The molecule has 0 aromatic carbocycles. The Labute approximate surface area is 107 Å². The fourth-order valence-corrected chi connectivity index (χ4v) is 3.02. The average molecular weight is 311 g/mol. The van der Waals surface area contributed by atoms with E-state index < -0.39 is 5.38 Å². The number of halogens is 2. The van der Waals surface area contributed by atoms with E-state index in [2.05, 4.69) is 15.9 Å². The van der Waals surface area contributed by atoms with Crippen molar-refractivity contribution < 1.29 is 4.79 Å². The van der Waals surface area contributed by atoms with Gasteiger partial charge in [-0.15, -0.1) is 22.9 Å². The van der Waals surface area contributed by atoms with Crippen LogP contribution in [0.4, 0.5) is 0 Å². The monoisotopic (exact) mass is 309 g/mol. The summed E-state index contributed by atoms with van der Waals surface area (Å²) in [7, 11) is 0. The summed E-state index contributed by atoms with van der Waals surface area (Å²) in [5.41, 5.74) is 0. The first-order valence-electron chi connectivity index (χ1n) is 4.78. The van der Waals surface area contributed by atoms with Gasteiger partial charge in [-0.1, -0.05) is 0 Å². The van der Waals surface area contributed by atoms with E-state index in [0.717, 1.165) is 8.66 Å². The Hall–Kier alpha value is -0.0600. The van der Waals surface area contributed by atoms with Gasteiger partial charge in [-0.25, -0.2) is 0 Å². The van der Waals surface area contributed by atoms with E-state index in [1.807, 2.05) is 26.0 Å². The van der Waals surface area contributed by atoms with Crippen molar-refractivity contribution in [2.45, 2.75) is 19.2 Å². The minimum atomic E-state index is -0.554. The highest BCUT2D eigenvalue weighted by Gasteiger charge is 2.23. The van der Waals surface area contributed by atoms with Crippen molar-refractivity contribution in [3.05, 3.63) is 20.8 Å². The number of carbonyl (C=O) groups excluding carboxylic acids is 1. The molecule has 0 bridgehead atoms. The average Bonchev–Trinajstić information content (AvgIpc) is 2.65. The molecule has 0 aliphatic heterocycles. The molecule has 0 aliphatic carbocycles. The fourth-order valence-electron chi connectivity index (χ4n) is 1.28. The number of likely N-dealkylation sites (N-methyl/N-ethyl adjacent to an activating group) is 1. The molecule has 0 saturated heterocycles. The maximum absolute atomic E-state index is 11.9. The van der Waals surface area contributed by atoms with Crippen LogP contribution in [0.15, 0.2) is 15.9 Å². The van der Waals surface area contributed by atoms with E-state index in [1.54, 1.807) is 4.90 Å². The van der Waals surface area contributed by atoms with Crippen molar-refractivity contribution in [2.75, 3.05) is 13.1 Å². The molecule has 1 rings (SSSR count). The summed E-state index contributed by atoms with van der Waals surface area (Å²) in [5.74, 6) is -0.0176. The number of nitrogens with zero attached hydrogens (tertiary/aromatic N) is 1. The highest BCUT2D eigenvalue weighted by atomic mass is 79.9. The number of hydrogen-bond acceptors (Lipinski definition) is 2. The quantitative estimate of drug-likeness (QED) is 0.777. The topological polar surface area (TPSA) is 20.3 Å². The van der Waals surface area contributed by atoms with Crippen LogP contribution in [0.3, 0.4) is 0 Å². The van der Waals surface area contributed by atoms with Crippen LogP contribution in [0.1, 0.15) is 24.1 Å². The predicted molar refractivity (Wildman–Crippen MR) is 68.5 cm³/mol. The SMILES string of the molecule is CCN(CC)C(=O)C(Cl)c1ccc(Br)s1. The molecule has 0 spiro atoms. The van der Waals surface area contributed by atoms with Gasteiger partial charge in [0.05, 0.1) is 3.79 Å². The van der Waals surface area contributed by atoms with Gasteiger partial charge in [0.2, 0.25) is 5.91 Å². The van der Waals surface area contributed by atoms with Gasteiger partial charge in [0.1, 0.15) is 5.38 Å². The second-order valence-electron chi connectivity index (χ2n) is 3.01. The number of hydrogen-bond donors (Lipinski definition) is 0. The molecule has 0 N–H and O–H groups in total. The Bertz CT molecular complexity index is 338. The molecule has 0 fully saturated rings. The minimum absolute atomic E-state index is 0.0176. The van der Waals surface area contributed by atoms with Gasteiger partial charge >= 0.3 is 0 Å². The van der Waals surface area contributed by atoms with Crippen molar-refractivity contribution in [1.82, 2.24) is 4.90 Å². The first kappa shape index (κ1) is 13.0. The lowest BCUT2D eigenvalue weighted by atomic mass is 10.3. The third-order valence-electron chi connectivity index (χ3n) is 2.14. The Balaban J connectivity index is 2.76. The third kappa shape index (κ3) is 3.20. The molecular formula is C10H13BrClNOS. The number of carbonyl (C=O) groups is 1. The highest BCUT2D eigenvalue weighted by molar-refractivity contribution is 9.11. The molecular weight excluding hydrogens is 298 g/mol. The Morgan fingerprint density at radius 3 is 2.53 bits per heavy atom. The lowest BCUT2D eigenvalue weighted by molar-refractivity contribution is -0.130. The number of amides is 1. The summed E-state index contributed by atoms with van der Waals surface area (Å²) >= 11 is 11.0. The van der Waals surface area contributed by atoms with Crippen LogP contribution >= 0.6 is 38.9 Å². The van der Waals surface area contributed by atoms with E-state index in [4.69, 9.17) is 11.6 Å². The van der Waals surface area contributed by atoms with Crippen LogP contribution in [0, 0.1) is 0 Å². The van der Waals surface area contributed by atoms with E-state index in [0.29, 0.717) is 13.1 Å². The first-order valence-corrected chi connectivity index (χ1v) is 6.82. The van der Waals surface area contributed by atoms with E-state index >= 15 is 0 Å². The molecule has 5 heteroatoms. The van der Waals surface area contributed by atoms with E-state index in [-0.39, 0.29) is 5.91 Å². The van der Waals surface area contributed by atoms with Crippen LogP contribution in [-0.4, -0.2) is 23.9 Å². The molecule has 1 atom stereocenters. The maximum atomic E-state index is 11.9. The number of rotatable bonds is 4. The molecule has 1 aromatic heterocycles. The van der Waals surface area contributed by atoms with Gasteiger partial charge in [-0.05, 0) is 41.9 Å². The molecule has 1 heterocycles. The molecule has 84 valence electrons. The smallest absolute Gasteiger partial charge is 0.245 e. The van der Waals surface area contributed by atoms with E-state index in [1.165, 1.54) is 11.3 Å². The summed E-state index contributed by atoms with van der Waals surface area (Å²) in [6, 6.07) is 3.79. The van der Waals surface area contributed by atoms with Crippen molar-refractivity contribution >= 4 is 44.8 Å². The Morgan fingerprint density at radius 1 is 1.53 bits per heavy atom. The van der Waals surface area contributed by atoms with Gasteiger partial charge in [0, 0.05) is 18.0 Å². The molecule has 2 nitrogen and oxygen atoms in total. The molecule has 0 radical (unpaired) electrons. The zero-order chi connectivity index (χ0) is 11.4. The summed E-state index contributed by atoms with van der Waals surface area (Å²) < 4.78 is 0.996. The summed E-state index contributed by atoms with van der Waals surface area (Å²) in [5, 5.41) is -0.554. The highest BCUT2D eigenvalue weighted by Crippen LogP contribution is 2.32. The Kier molecular flexibility index (Phi) is 5.09. The summed E-state index contributed by atoms with van der Waals surface area (Å²) in [6.07, 6.45) is 0. The normalized spacial score (nSPS) is 12.5. The van der Waals surface area contributed by atoms with Crippen molar-refractivity contribution in [2.24, 2.45) is 0 Å². The molecule has 1 amide bonds. The van der Waals surface area contributed by atoms with Crippen LogP contribution in [0.5, 0.6) is 0 Å². The zero-order valence-corrected chi connectivity index (χ0v) is 11.8. The number of alkyl halides is 1. The number of thiophene rings is 1. The standard InChI is InChI=1S/C10H13BrClNOS/c1-3-13(4-2)10(14)9(12)7-5-6-8(11)15-7/h5-6,9H,3-4H2,1-2H3. The first-order chi connectivity index (χ1) is 7.10. The largest absolute Gasteiger partial charge is 0.342 e. The van der Waals surface area contributed by atoms with Gasteiger partial charge in [-0.3, -0.25) is 4.79 Å². The zero-order valence-electron chi connectivity index (χ0n) is 8.67. The summed E-state index contributed by atoms with van der Waals surface area (Å²) in [6.45, 7) is 5.31. The van der Waals surface area contributed by atoms with Crippen molar-refractivity contribution in [3.8, 4) is 0 Å². The molecule has 0 saturated carbocycles. The summed E-state index contributed by atoms with van der Waals surface area (Å²) in [4.78, 5) is 14.5. The minimum Gasteiger partial charge on any atom is -0.342 e. The lowest BCUT2D eigenvalue weighted by Crippen LogP contribution is -2.32. The van der Waals surface area contributed by atoms with Gasteiger partial charge in [0.15, 0.2) is 0 Å². The van der Waals surface area contributed by atoms with Crippen molar-refractivity contribution in [1.29, 1.82) is 0 Å². The lowest BCUT2D eigenvalue weighted by Gasteiger charge is -2.20. The van der Waals surface area contributed by atoms with Crippen LogP contribution < -0.4 is 0 Å². The fraction of sp³-hybridized carbons (Fsp3) is 0.500. The molecule has 1 unspecified atom stereocenters. The van der Waals surface area contributed by atoms with Crippen LogP contribution in [0.25, 0.3) is 0 Å². The van der Waals surface area contributed by atoms with E-state index in [9.17, 15) is 4.79 Å². The van der Waals surface area contributed by atoms with Gasteiger partial charge in [-0.2, -0.15) is 0 Å². The van der Waals surface area contributed by atoms with Crippen LogP contribution in [0.2, 0.25) is 0 Å². The second kappa shape index (κ2) is 5.87. The second-order valence-corrected chi connectivity index (χ2v) is 5.95. The molecule has 15 heavy (non-hydrogen) atoms. The van der Waals surface area contributed by atoms with Gasteiger partial charge < -0.3 is 4.90 Å².